The van der Waals surface area contributed by atoms with Crippen LogP contribution in [0.25, 0.3) is 0 Å². The van der Waals surface area contributed by atoms with Crippen LogP contribution >= 0.6 is 22.6 Å². The Morgan fingerprint density at radius 2 is 2.07 bits per heavy atom. The summed E-state index contributed by atoms with van der Waals surface area (Å²) in [6.45, 7) is 3.56. The van der Waals surface area contributed by atoms with Crippen molar-refractivity contribution in [1.29, 1.82) is 0 Å². The molecule has 1 atom stereocenters. The van der Waals surface area contributed by atoms with E-state index in [4.69, 9.17) is 9.47 Å². The molecule has 0 aliphatic heterocycles. The van der Waals surface area contributed by atoms with Gasteiger partial charge in [0.2, 0.25) is 0 Å². The molecule has 14 heavy (non-hydrogen) atoms. The second kappa shape index (κ2) is 5.90. The van der Waals surface area contributed by atoms with Crippen LogP contribution in [0.15, 0.2) is 37.1 Å². The summed E-state index contributed by atoms with van der Waals surface area (Å²) in [5.74, 6) is 0.861. The van der Waals surface area contributed by atoms with Gasteiger partial charge in [-0.2, -0.15) is 0 Å². The maximum absolute atomic E-state index is 5.37. The van der Waals surface area contributed by atoms with E-state index in [0.29, 0.717) is 0 Å². The molecular formula is C11H13IO2. The van der Waals surface area contributed by atoms with Crippen LogP contribution in [0.1, 0.15) is 11.7 Å². The summed E-state index contributed by atoms with van der Waals surface area (Å²) in [5.41, 5.74) is 1.14. The van der Waals surface area contributed by atoms with E-state index in [9.17, 15) is 0 Å². The van der Waals surface area contributed by atoms with Crippen molar-refractivity contribution in [3.63, 3.8) is 0 Å². The minimum absolute atomic E-state index is 0.0824. The molecule has 2 nitrogen and oxygen atoms in total. The largest absolute Gasteiger partial charge is 0.497 e. The third kappa shape index (κ3) is 2.90. The van der Waals surface area contributed by atoms with E-state index in [0.717, 1.165) is 15.7 Å². The average molecular weight is 304 g/mol. The van der Waals surface area contributed by atoms with Gasteiger partial charge in [0.1, 0.15) is 11.9 Å². The van der Waals surface area contributed by atoms with Crippen LogP contribution in [0.5, 0.6) is 5.75 Å². The average Bonchev–Trinajstić information content (AvgIpc) is 2.26. The van der Waals surface area contributed by atoms with Crippen LogP contribution < -0.4 is 4.74 Å². The maximum Gasteiger partial charge on any atom is 0.132 e. The van der Waals surface area contributed by atoms with Crippen molar-refractivity contribution in [2.45, 2.75) is 6.10 Å². The molecular weight excluding hydrogens is 291 g/mol. The number of hydrogen-bond acceptors (Lipinski definition) is 2. The molecule has 0 radical (unpaired) electrons. The normalized spacial score (nSPS) is 11.9. The second-order valence-electron chi connectivity index (χ2n) is 2.72. The lowest BCUT2D eigenvalue weighted by atomic mass is 10.1. The number of methoxy groups -OCH3 is 1. The molecule has 0 N–H and O–H groups in total. The fourth-order valence-electron chi connectivity index (χ4n) is 1.14. The van der Waals surface area contributed by atoms with Gasteiger partial charge in [0.25, 0.3) is 0 Å². The first-order valence-electron chi connectivity index (χ1n) is 4.28. The summed E-state index contributed by atoms with van der Waals surface area (Å²) in [7, 11) is 1.66. The fourth-order valence-corrected chi connectivity index (χ4v) is 1.85. The molecule has 0 bridgehead atoms. The molecule has 0 saturated heterocycles. The van der Waals surface area contributed by atoms with Crippen molar-refractivity contribution in [2.24, 2.45) is 0 Å². The molecule has 0 saturated carbocycles. The smallest absolute Gasteiger partial charge is 0.132 e. The summed E-state index contributed by atoms with van der Waals surface area (Å²) < 4.78 is 11.3. The van der Waals surface area contributed by atoms with Crippen LogP contribution in [0.2, 0.25) is 0 Å². The highest BCUT2D eigenvalue weighted by Crippen LogP contribution is 2.22. The molecule has 0 aromatic heterocycles. The summed E-state index contributed by atoms with van der Waals surface area (Å²) >= 11 is 2.29. The minimum Gasteiger partial charge on any atom is -0.497 e. The molecule has 0 fully saturated rings. The zero-order chi connectivity index (χ0) is 10.4. The molecule has 76 valence electrons. The Kier molecular flexibility index (Phi) is 4.79. The number of hydrogen-bond donors (Lipinski definition) is 0. The van der Waals surface area contributed by atoms with E-state index >= 15 is 0 Å². The quantitative estimate of drug-likeness (QED) is 0.472. The lowest BCUT2D eigenvalue weighted by Crippen LogP contribution is -2.01. The fraction of sp³-hybridized carbons (Fsp3) is 0.273. The third-order valence-electron chi connectivity index (χ3n) is 1.89. The van der Waals surface area contributed by atoms with Crippen LogP contribution in [0.4, 0.5) is 0 Å². The van der Waals surface area contributed by atoms with Gasteiger partial charge in [0, 0.05) is 4.43 Å². The molecule has 3 heteroatoms. The van der Waals surface area contributed by atoms with Gasteiger partial charge < -0.3 is 9.47 Å². The van der Waals surface area contributed by atoms with Gasteiger partial charge in [0.15, 0.2) is 0 Å². The maximum atomic E-state index is 5.37. The van der Waals surface area contributed by atoms with Crippen molar-refractivity contribution >= 4 is 22.6 Å². The molecule has 1 rings (SSSR count). The highest BCUT2D eigenvalue weighted by atomic mass is 127. The first-order chi connectivity index (χ1) is 6.81. The van der Waals surface area contributed by atoms with E-state index in [-0.39, 0.29) is 6.10 Å². The van der Waals surface area contributed by atoms with Crippen molar-refractivity contribution in [2.75, 3.05) is 11.5 Å². The van der Waals surface area contributed by atoms with Crippen LogP contribution in [-0.2, 0) is 4.74 Å². The van der Waals surface area contributed by atoms with Crippen molar-refractivity contribution < 1.29 is 9.47 Å². The predicted octanol–water partition coefficient (Wildman–Crippen LogP) is 3.33. The first kappa shape index (κ1) is 11.4. The number of halogens is 1. The molecule has 0 aliphatic rings. The van der Waals surface area contributed by atoms with Gasteiger partial charge in [0.05, 0.1) is 13.4 Å². The number of benzene rings is 1. The molecule has 0 spiro atoms. The van der Waals surface area contributed by atoms with Gasteiger partial charge in [-0.25, -0.2) is 0 Å². The molecule has 0 heterocycles. The molecule has 1 unspecified atom stereocenters. The van der Waals surface area contributed by atoms with E-state index in [1.807, 2.05) is 24.3 Å². The zero-order valence-corrected chi connectivity index (χ0v) is 10.2. The number of rotatable bonds is 5. The highest BCUT2D eigenvalue weighted by molar-refractivity contribution is 14.1. The summed E-state index contributed by atoms with van der Waals surface area (Å²) in [4.78, 5) is 0. The van der Waals surface area contributed by atoms with E-state index in [1.54, 1.807) is 7.11 Å². The van der Waals surface area contributed by atoms with Gasteiger partial charge in [-0.05, 0) is 17.7 Å². The molecule has 0 amide bonds. The summed E-state index contributed by atoms with van der Waals surface area (Å²) in [6, 6.07) is 7.87. The van der Waals surface area contributed by atoms with Crippen LogP contribution in [0.3, 0.4) is 0 Å². The van der Waals surface area contributed by atoms with Crippen LogP contribution in [0, 0.1) is 0 Å². The molecule has 1 aromatic rings. The van der Waals surface area contributed by atoms with Crippen LogP contribution in [-0.4, -0.2) is 11.5 Å². The van der Waals surface area contributed by atoms with Crippen molar-refractivity contribution in [3.8, 4) is 5.75 Å². The Labute approximate surface area is 98.1 Å². The Morgan fingerprint density at radius 3 is 2.50 bits per heavy atom. The topological polar surface area (TPSA) is 18.5 Å². The SMILES string of the molecule is C=COC(CI)c1ccc(OC)cc1. The Bertz CT molecular complexity index is 282. The lowest BCUT2D eigenvalue weighted by molar-refractivity contribution is 0.172. The Hall–Kier alpha value is -0.710. The lowest BCUT2D eigenvalue weighted by Gasteiger charge is -2.14. The van der Waals surface area contributed by atoms with Gasteiger partial charge >= 0.3 is 0 Å². The first-order valence-corrected chi connectivity index (χ1v) is 5.80. The van der Waals surface area contributed by atoms with Gasteiger partial charge in [-0.3, -0.25) is 0 Å². The van der Waals surface area contributed by atoms with Gasteiger partial charge in [-0.1, -0.05) is 41.3 Å². The molecule has 0 aliphatic carbocycles. The third-order valence-corrected chi connectivity index (χ3v) is 2.69. The summed E-state index contributed by atoms with van der Waals surface area (Å²) in [6.07, 6.45) is 1.56. The standard InChI is InChI=1S/C11H13IO2/c1-3-14-11(8-12)9-4-6-10(13-2)7-5-9/h3-7,11H,1,8H2,2H3. The Balaban J connectivity index is 2.77. The Morgan fingerprint density at radius 1 is 1.43 bits per heavy atom. The highest BCUT2D eigenvalue weighted by Gasteiger charge is 2.08. The monoisotopic (exact) mass is 304 g/mol. The summed E-state index contributed by atoms with van der Waals surface area (Å²) in [5, 5.41) is 0. The van der Waals surface area contributed by atoms with E-state index < -0.39 is 0 Å². The van der Waals surface area contributed by atoms with Gasteiger partial charge in [-0.15, -0.1) is 0 Å². The minimum atomic E-state index is 0.0824. The number of alkyl halides is 1. The predicted molar refractivity (Wildman–Crippen MR) is 65.9 cm³/mol. The molecule has 1 aromatic carbocycles. The zero-order valence-electron chi connectivity index (χ0n) is 8.07. The van der Waals surface area contributed by atoms with E-state index in [2.05, 4.69) is 29.2 Å². The second-order valence-corrected chi connectivity index (χ2v) is 3.60. The number of ether oxygens (including phenoxy) is 2. The van der Waals surface area contributed by atoms with Crippen molar-refractivity contribution in [3.05, 3.63) is 42.7 Å². The van der Waals surface area contributed by atoms with Crippen molar-refractivity contribution in [1.82, 2.24) is 0 Å². The van der Waals surface area contributed by atoms with E-state index in [1.165, 1.54) is 6.26 Å².